The van der Waals surface area contributed by atoms with Crippen molar-refractivity contribution < 1.29 is 23.4 Å². The summed E-state index contributed by atoms with van der Waals surface area (Å²) in [6, 6.07) is 8.80. The molecule has 0 aliphatic carbocycles. The van der Waals surface area contributed by atoms with Gasteiger partial charge in [0.25, 0.3) is 5.91 Å². The molecular formula is C18H22N2O5S. The van der Waals surface area contributed by atoms with E-state index in [0.29, 0.717) is 6.42 Å². The summed E-state index contributed by atoms with van der Waals surface area (Å²) in [6.45, 7) is 3.19. The SMILES string of the molecule is CC(C)(O)CCCc1ccc2cc(O)c(N3CC(=O)NS3(=O)=O)cc2c1. The van der Waals surface area contributed by atoms with Crippen molar-refractivity contribution in [2.45, 2.75) is 38.7 Å². The Labute approximate surface area is 152 Å². The summed E-state index contributed by atoms with van der Waals surface area (Å²) in [6.07, 6.45) is 2.27. The predicted octanol–water partition coefficient (Wildman–Crippen LogP) is 1.82. The largest absolute Gasteiger partial charge is 0.506 e. The lowest BCUT2D eigenvalue weighted by atomic mass is 9.97. The molecule has 1 heterocycles. The number of anilines is 1. The van der Waals surface area contributed by atoms with E-state index >= 15 is 0 Å². The number of carbonyl (C=O) groups is 1. The fourth-order valence-electron chi connectivity index (χ4n) is 3.06. The van der Waals surface area contributed by atoms with Crippen LogP contribution in [0, 0.1) is 0 Å². The summed E-state index contributed by atoms with van der Waals surface area (Å²) in [4.78, 5) is 11.4. The Morgan fingerprint density at radius 1 is 1.19 bits per heavy atom. The summed E-state index contributed by atoms with van der Waals surface area (Å²) in [7, 11) is -3.98. The first-order valence-electron chi connectivity index (χ1n) is 8.36. The minimum absolute atomic E-state index is 0.0736. The molecule has 0 atom stereocenters. The zero-order chi connectivity index (χ0) is 19.1. The second kappa shape index (κ2) is 6.44. The van der Waals surface area contributed by atoms with Crippen LogP contribution in [0.25, 0.3) is 10.8 Å². The van der Waals surface area contributed by atoms with Crippen LogP contribution in [-0.2, 0) is 21.4 Å². The third-order valence-corrected chi connectivity index (χ3v) is 5.73. The summed E-state index contributed by atoms with van der Waals surface area (Å²) >= 11 is 0. The number of hydrogen-bond acceptors (Lipinski definition) is 5. The second-order valence-corrected chi connectivity index (χ2v) is 8.82. The molecule has 1 saturated heterocycles. The molecule has 1 fully saturated rings. The molecule has 0 aromatic heterocycles. The number of aliphatic hydroxyl groups is 1. The molecule has 2 aromatic rings. The number of aryl methyl sites for hydroxylation is 1. The second-order valence-electron chi connectivity index (χ2n) is 7.23. The summed E-state index contributed by atoms with van der Waals surface area (Å²) in [5, 5.41) is 21.6. The Morgan fingerprint density at radius 2 is 1.92 bits per heavy atom. The van der Waals surface area contributed by atoms with Gasteiger partial charge in [0.1, 0.15) is 12.3 Å². The molecule has 3 rings (SSSR count). The minimum atomic E-state index is -3.98. The van der Waals surface area contributed by atoms with Crippen LogP contribution in [0.5, 0.6) is 5.75 Å². The maximum absolute atomic E-state index is 12.0. The molecule has 0 unspecified atom stereocenters. The number of hydrogen-bond donors (Lipinski definition) is 3. The first kappa shape index (κ1) is 18.5. The monoisotopic (exact) mass is 378 g/mol. The highest BCUT2D eigenvalue weighted by Crippen LogP contribution is 2.35. The highest BCUT2D eigenvalue weighted by atomic mass is 32.2. The first-order chi connectivity index (χ1) is 12.0. The summed E-state index contributed by atoms with van der Waals surface area (Å²) < 4.78 is 26.8. The zero-order valence-corrected chi connectivity index (χ0v) is 15.5. The molecule has 1 amide bonds. The third-order valence-electron chi connectivity index (χ3n) is 4.34. The highest BCUT2D eigenvalue weighted by Gasteiger charge is 2.35. The molecule has 3 N–H and O–H groups in total. The molecule has 0 spiro atoms. The quantitative estimate of drug-likeness (QED) is 0.736. The number of nitrogens with one attached hydrogen (secondary N) is 1. The normalized spacial score (nSPS) is 16.9. The van der Waals surface area contributed by atoms with Crippen LogP contribution in [-0.4, -0.2) is 36.7 Å². The number of phenolic OH excluding ortho intramolecular Hbond substituents is 1. The molecular weight excluding hydrogens is 356 g/mol. The smallest absolute Gasteiger partial charge is 0.326 e. The van der Waals surface area contributed by atoms with Gasteiger partial charge in [0.05, 0.1) is 11.3 Å². The van der Waals surface area contributed by atoms with E-state index in [1.807, 2.05) is 22.9 Å². The van der Waals surface area contributed by atoms with E-state index in [2.05, 4.69) is 0 Å². The van der Waals surface area contributed by atoms with Crippen molar-refractivity contribution >= 4 is 32.6 Å². The van der Waals surface area contributed by atoms with E-state index < -0.39 is 21.7 Å². The van der Waals surface area contributed by atoms with Crippen molar-refractivity contribution in [2.24, 2.45) is 0 Å². The van der Waals surface area contributed by atoms with Crippen molar-refractivity contribution in [1.82, 2.24) is 4.72 Å². The summed E-state index contributed by atoms with van der Waals surface area (Å²) in [5.41, 5.74) is 0.417. The van der Waals surface area contributed by atoms with Crippen molar-refractivity contribution in [3.63, 3.8) is 0 Å². The van der Waals surface area contributed by atoms with Crippen LogP contribution in [0.1, 0.15) is 32.3 Å². The maximum atomic E-state index is 12.0. The molecule has 0 radical (unpaired) electrons. The number of benzene rings is 2. The van der Waals surface area contributed by atoms with Crippen molar-refractivity contribution in [2.75, 3.05) is 10.8 Å². The third kappa shape index (κ3) is 3.91. The number of amides is 1. The molecule has 0 saturated carbocycles. The first-order valence-corrected chi connectivity index (χ1v) is 9.80. The summed E-state index contributed by atoms with van der Waals surface area (Å²) in [5.74, 6) is -0.836. The average molecular weight is 378 g/mol. The minimum Gasteiger partial charge on any atom is -0.506 e. The number of carbonyl (C=O) groups excluding carboxylic acids is 1. The van der Waals surface area contributed by atoms with Gasteiger partial charge in [-0.2, -0.15) is 8.42 Å². The van der Waals surface area contributed by atoms with Crippen LogP contribution in [0.2, 0.25) is 0 Å². The predicted molar refractivity (Wildman–Crippen MR) is 99.3 cm³/mol. The van der Waals surface area contributed by atoms with Crippen LogP contribution < -0.4 is 9.03 Å². The lowest BCUT2D eigenvalue weighted by Crippen LogP contribution is -2.29. The molecule has 140 valence electrons. The molecule has 0 bridgehead atoms. The molecule has 8 heteroatoms. The number of nitrogens with zero attached hydrogens (tertiary/aromatic N) is 1. The van der Waals surface area contributed by atoms with E-state index in [4.69, 9.17) is 0 Å². The number of fused-ring (bicyclic) bond motifs is 1. The van der Waals surface area contributed by atoms with E-state index in [1.165, 1.54) is 6.07 Å². The van der Waals surface area contributed by atoms with Gasteiger partial charge >= 0.3 is 10.2 Å². The van der Waals surface area contributed by atoms with E-state index in [0.717, 1.165) is 33.5 Å². The Hall–Kier alpha value is -2.32. The number of aromatic hydroxyl groups is 1. The van der Waals surface area contributed by atoms with Crippen molar-refractivity contribution in [3.05, 3.63) is 35.9 Å². The van der Waals surface area contributed by atoms with Gasteiger partial charge < -0.3 is 10.2 Å². The lowest BCUT2D eigenvalue weighted by molar-refractivity contribution is -0.117. The van der Waals surface area contributed by atoms with Gasteiger partial charge in [-0.1, -0.05) is 18.2 Å². The zero-order valence-electron chi connectivity index (χ0n) is 14.7. The van der Waals surface area contributed by atoms with E-state index in [9.17, 15) is 23.4 Å². The van der Waals surface area contributed by atoms with Crippen LogP contribution in [0.4, 0.5) is 5.69 Å². The highest BCUT2D eigenvalue weighted by molar-refractivity contribution is 7.92. The maximum Gasteiger partial charge on any atom is 0.326 e. The Bertz CT molecular complexity index is 963. The van der Waals surface area contributed by atoms with Gasteiger partial charge in [0.2, 0.25) is 0 Å². The Kier molecular flexibility index (Phi) is 4.58. The standard InChI is InChI=1S/C18H22N2O5S/c1-18(2,23)7-3-4-12-5-6-13-10-16(21)15(9-14(13)8-12)20-11-17(22)19-26(20,24)25/h5-6,8-10,21,23H,3-4,7,11H2,1-2H3,(H,19,22). The Balaban J connectivity index is 1.92. The number of rotatable bonds is 5. The van der Waals surface area contributed by atoms with Gasteiger partial charge in [0, 0.05) is 0 Å². The van der Waals surface area contributed by atoms with Gasteiger partial charge in [-0.05, 0) is 61.6 Å². The van der Waals surface area contributed by atoms with Gasteiger partial charge in [-0.15, -0.1) is 0 Å². The average Bonchev–Trinajstić information content (AvgIpc) is 2.78. The molecule has 1 aliphatic heterocycles. The number of phenols is 1. The van der Waals surface area contributed by atoms with E-state index in [-0.39, 0.29) is 18.0 Å². The van der Waals surface area contributed by atoms with Crippen molar-refractivity contribution in [1.29, 1.82) is 0 Å². The molecule has 2 aromatic carbocycles. The topological polar surface area (TPSA) is 107 Å². The Morgan fingerprint density at radius 3 is 2.54 bits per heavy atom. The van der Waals surface area contributed by atoms with Crippen LogP contribution in [0.15, 0.2) is 30.3 Å². The van der Waals surface area contributed by atoms with Crippen LogP contribution >= 0.6 is 0 Å². The van der Waals surface area contributed by atoms with E-state index in [1.54, 1.807) is 19.9 Å². The van der Waals surface area contributed by atoms with Gasteiger partial charge in [0.15, 0.2) is 0 Å². The van der Waals surface area contributed by atoms with Gasteiger partial charge in [-0.25, -0.2) is 9.03 Å². The fraction of sp³-hybridized carbons (Fsp3) is 0.389. The molecule has 26 heavy (non-hydrogen) atoms. The van der Waals surface area contributed by atoms with Gasteiger partial charge in [-0.3, -0.25) is 4.79 Å². The molecule has 7 nitrogen and oxygen atoms in total. The van der Waals surface area contributed by atoms with Crippen molar-refractivity contribution in [3.8, 4) is 5.75 Å². The molecule has 1 aliphatic rings. The lowest BCUT2D eigenvalue weighted by Gasteiger charge is -2.18. The van der Waals surface area contributed by atoms with Crippen LogP contribution in [0.3, 0.4) is 0 Å². The fourth-order valence-corrected chi connectivity index (χ4v) is 4.22.